The summed E-state index contributed by atoms with van der Waals surface area (Å²) >= 11 is 3.38. The molecule has 0 aromatic heterocycles. The molecule has 0 bridgehead atoms. The lowest BCUT2D eigenvalue weighted by Crippen LogP contribution is -2.45. The van der Waals surface area contributed by atoms with Gasteiger partial charge in [0.1, 0.15) is 5.82 Å². The van der Waals surface area contributed by atoms with Crippen LogP contribution in [0.3, 0.4) is 0 Å². The van der Waals surface area contributed by atoms with Gasteiger partial charge in [0.15, 0.2) is 0 Å². The van der Waals surface area contributed by atoms with Crippen LogP contribution in [-0.2, 0) is 11.3 Å². The van der Waals surface area contributed by atoms with Crippen LogP contribution in [0.15, 0.2) is 22.7 Å². The molecule has 1 fully saturated rings. The summed E-state index contributed by atoms with van der Waals surface area (Å²) < 4.78 is 19.3. The standard InChI is InChI=1S/C12H16BrFN2O/c13-12-5-10(14)2-1-9(12)7-16-3-4-17-11(6-15)8-16/h1-2,5,11H,3-4,6-8,15H2. The van der Waals surface area contributed by atoms with Crippen molar-refractivity contribution in [2.75, 3.05) is 26.2 Å². The van der Waals surface area contributed by atoms with E-state index in [1.807, 2.05) is 6.07 Å². The van der Waals surface area contributed by atoms with E-state index in [9.17, 15) is 4.39 Å². The average Bonchev–Trinajstić information content (AvgIpc) is 2.33. The van der Waals surface area contributed by atoms with E-state index in [2.05, 4.69) is 20.8 Å². The first-order chi connectivity index (χ1) is 8.19. The lowest BCUT2D eigenvalue weighted by molar-refractivity contribution is -0.0261. The number of ether oxygens (including phenoxy) is 1. The lowest BCUT2D eigenvalue weighted by atomic mass is 10.2. The van der Waals surface area contributed by atoms with Crippen molar-refractivity contribution in [1.82, 2.24) is 4.90 Å². The summed E-state index contributed by atoms with van der Waals surface area (Å²) in [5.74, 6) is -0.220. The molecule has 3 nitrogen and oxygen atoms in total. The number of nitrogens with two attached hydrogens (primary N) is 1. The van der Waals surface area contributed by atoms with Crippen LogP contribution in [0.1, 0.15) is 5.56 Å². The van der Waals surface area contributed by atoms with Gasteiger partial charge < -0.3 is 10.5 Å². The highest BCUT2D eigenvalue weighted by Gasteiger charge is 2.19. The number of halogens is 2. The summed E-state index contributed by atoms with van der Waals surface area (Å²) in [7, 11) is 0. The molecule has 0 saturated carbocycles. The predicted octanol–water partition coefficient (Wildman–Crippen LogP) is 1.75. The molecule has 1 aromatic carbocycles. The van der Waals surface area contributed by atoms with E-state index < -0.39 is 0 Å². The molecular formula is C12H16BrFN2O. The maximum atomic E-state index is 13.0. The zero-order valence-electron chi connectivity index (χ0n) is 9.53. The quantitative estimate of drug-likeness (QED) is 0.924. The maximum absolute atomic E-state index is 13.0. The van der Waals surface area contributed by atoms with Crippen LogP contribution in [0.5, 0.6) is 0 Å². The Bertz CT molecular complexity index is 389. The van der Waals surface area contributed by atoms with Crippen molar-refractivity contribution in [2.45, 2.75) is 12.6 Å². The molecule has 1 aliphatic heterocycles. The number of nitrogens with zero attached hydrogens (tertiary/aromatic N) is 1. The second-order valence-corrected chi connectivity index (χ2v) is 5.05. The number of hydrogen-bond acceptors (Lipinski definition) is 3. The second-order valence-electron chi connectivity index (χ2n) is 4.20. The summed E-state index contributed by atoms with van der Waals surface area (Å²) in [6.07, 6.45) is 0.114. The fraction of sp³-hybridized carbons (Fsp3) is 0.500. The Balaban J connectivity index is 2.00. The van der Waals surface area contributed by atoms with E-state index in [1.54, 1.807) is 0 Å². The molecule has 2 rings (SSSR count). The van der Waals surface area contributed by atoms with Crippen LogP contribution in [0.2, 0.25) is 0 Å². The van der Waals surface area contributed by atoms with Crippen molar-refractivity contribution in [3.63, 3.8) is 0 Å². The fourth-order valence-electron chi connectivity index (χ4n) is 1.96. The minimum absolute atomic E-state index is 0.114. The Morgan fingerprint density at radius 3 is 3.06 bits per heavy atom. The summed E-state index contributed by atoms with van der Waals surface area (Å²) in [5.41, 5.74) is 6.69. The minimum Gasteiger partial charge on any atom is -0.374 e. The first-order valence-corrected chi connectivity index (χ1v) is 6.46. The van der Waals surface area contributed by atoms with Crippen molar-refractivity contribution < 1.29 is 9.13 Å². The van der Waals surface area contributed by atoms with Crippen molar-refractivity contribution in [3.8, 4) is 0 Å². The topological polar surface area (TPSA) is 38.5 Å². The van der Waals surface area contributed by atoms with Gasteiger partial charge in [-0.05, 0) is 17.7 Å². The molecule has 2 N–H and O–H groups in total. The van der Waals surface area contributed by atoms with Gasteiger partial charge in [0.2, 0.25) is 0 Å². The third-order valence-electron chi connectivity index (χ3n) is 2.89. The summed E-state index contributed by atoms with van der Waals surface area (Å²) in [4.78, 5) is 2.28. The Hall–Kier alpha value is -0.490. The van der Waals surface area contributed by atoms with Crippen molar-refractivity contribution >= 4 is 15.9 Å². The largest absolute Gasteiger partial charge is 0.374 e. The van der Waals surface area contributed by atoms with Gasteiger partial charge in [0.05, 0.1) is 12.7 Å². The van der Waals surface area contributed by atoms with Crippen LogP contribution in [0, 0.1) is 5.82 Å². The molecule has 1 heterocycles. The molecular weight excluding hydrogens is 287 g/mol. The lowest BCUT2D eigenvalue weighted by Gasteiger charge is -2.32. The molecule has 94 valence electrons. The second kappa shape index (κ2) is 5.91. The smallest absolute Gasteiger partial charge is 0.124 e. The summed E-state index contributed by atoms with van der Waals surface area (Å²) in [5, 5.41) is 0. The van der Waals surface area contributed by atoms with E-state index in [0.29, 0.717) is 13.2 Å². The third-order valence-corrected chi connectivity index (χ3v) is 3.63. The van der Waals surface area contributed by atoms with E-state index in [0.717, 1.165) is 29.7 Å². The van der Waals surface area contributed by atoms with Gasteiger partial charge in [0.25, 0.3) is 0 Å². The molecule has 5 heteroatoms. The molecule has 1 aromatic rings. The van der Waals surface area contributed by atoms with Gasteiger partial charge in [-0.2, -0.15) is 0 Å². The van der Waals surface area contributed by atoms with Crippen LogP contribution in [0.4, 0.5) is 4.39 Å². The molecule has 1 unspecified atom stereocenters. The Labute approximate surface area is 109 Å². The molecule has 1 saturated heterocycles. The Kier molecular flexibility index (Phi) is 4.50. The predicted molar refractivity (Wildman–Crippen MR) is 68.2 cm³/mol. The maximum Gasteiger partial charge on any atom is 0.124 e. The van der Waals surface area contributed by atoms with Gasteiger partial charge in [-0.3, -0.25) is 4.90 Å². The van der Waals surface area contributed by atoms with Crippen LogP contribution in [0.25, 0.3) is 0 Å². The van der Waals surface area contributed by atoms with Gasteiger partial charge in [0, 0.05) is 30.7 Å². The SMILES string of the molecule is NCC1CN(Cc2ccc(F)cc2Br)CCO1. The highest BCUT2D eigenvalue weighted by Crippen LogP contribution is 2.20. The van der Waals surface area contributed by atoms with E-state index in [4.69, 9.17) is 10.5 Å². The van der Waals surface area contributed by atoms with E-state index in [-0.39, 0.29) is 11.9 Å². The molecule has 0 spiro atoms. The van der Waals surface area contributed by atoms with Crippen molar-refractivity contribution in [2.24, 2.45) is 5.73 Å². The first kappa shape index (κ1) is 13.0. The fourth-order valence-corrected chi connectivity index (χ4v) is 2.43. The monoisotopic (exact) mass is 302 g/mol. The number of rotatable bonds is 3. The van der Waals surface area contributed by atoms with Gasteiger partial charge in [-0.1, -0.05) is 22.0 Å². The van der Waals surface area contributed by atoms with Crippen molar-refractivity contribution in [3.05, 3.63) is 34.1 Å². The van der Waals surface area contributed by atoms with Gasteiger partial charge in [-0.25, -0.2) is 4.39 Å². The molecule has 1 aliphatic rings. The number of morpholine rings is 1. The number of hydrogen-bond donors (Lipinski definition) is 1. The highest BCUT2D eigenvalue weighted by molar-refractivity contribution is 9.10. The molecule has 0 radical (unpaired) electrons. The Morgan fingerprint density at radius 1 is 1.53 bits per heavy atom. The zero-order valence-corrected chi connectivity index (χ0v) is 11.1. The summed E-state index contributed by atoms with van der Waals surface area (Å²) in [6.45, 7) is 3.77. The van der Waals surface area contributed by atoms with Crippen LogP contribution >= 0.6 is 15.9 Å². The van der Waals surface area contributed by atoms with Crippen LogP contribution in [-0.4, -0.2) is 37.2 Å². The molecule has 0 aliphatic carbocycles. The van der Waals surface area contributed by atoms with Gasteiger partial charge >= 0.3 is 0 Å². The van der Waals surface area contributed by atoms with E-state index in [1.165, 1.54) is 12.1 Å². The first-order valence-electron chi connectivity index (χ1n) is 5.67. The zero-order chi connectivity index (χ0) is 12.3. The van der Waals surface area contributed by atoms with E-state index >= 15 is 0 Å². The minimum atomic E-state index is -0.220. The summed E-state index contributed by atoms with van der Waals surface area (Å²) in [6, 6.07) is 4.80. The molecule has 1 atom stereocenters. The van der Waals surface area contributed by atoms with Gasteiger partial charge in [-0.15, -0.1) is 0 Å². The third kappa shape index (κ3) is 3.48. The molecule has 17 heavy (non-hydrogen) atoms. The highest BCUT2D eigenvalue weighted by atomic mass is 79.9. The van der Waals surface area contributed by atoms with Crippen LogP contribution < -0.4 is 5.73 Å². The van der Waals surface area contributed by atoms with Crippen molar-refractivity contribution in [1.29, 1.82) is 0 Å². The average molecular weight is 303 g/mol. The normalized spacial score (nSPS) is 21.7. The Morgan fingerprint density at radius 2 is 2.35 bits per heavy atom. The molecule has 0 amide bonds. The number of benzene rings is 1.